The van der Waals surface area contributed by atoms with Crippen LogP contribution in [0.15, 0.2) is 72.9 Å². The maximum Gasteiger partial charge on any atom is 0.469 e. The second-order valence-corrected chi connectivity index (χ2v) is 14.8. The van der Waals surface area contributed by atoms with Gasteiger partial charge in [-0.1, -0.05) is 132 Å². The minimum absolute atomic E-state index is 0.109. The van der Waals surface area contributed by atoms with Gasteiger partial charge in [-0.05, 0) is 83.5 Å². The van der Waals surface area contributed by atoms with E-state index in [2.05, 4.69) is 73.1 Å². The highest BCUT2D eigenvalue weighted by Crippen LogP contribution is 2.36. The minimum Gasteiger partial charge on any atom is -0.462 e. The molecular weight excluding hydrogens is 707 g/mol. The van der Waals surface area contributed by atoms with Crippen molar-refractivity contribution in [1.82, 2.24) is 0 Å². The van der Waals surface area contributed by atoms with E-state index in [4.69, 9.17) is 19.3 Å². The van der Waals surface area contributed by atoms with Crippen molar-refractivity contribution in [3.8, 4) is 0 Å². The summed E-state index contributed by atoms with van der Waals surface area (Å²) in [5.41, 5.74) is 0. The molecule has 10 nitrogen and oxygen atoms in total. The normalized spacial score (nSPS) is 14.4. The van der Waals surface area contributed by atoms with Gasteiger partial charge in [0.2, 0.25) is 0 Å². The van der Waals surface area contributed by atoms with Crippen LogP contribution in [0.3, 0.4) is 0 Å². The standard InChI is InChI=1S/C43H73O10P/c1-3-5-7-9-11-13-15-17-18-19-20-21-23-25-27-29-31-35-42(46)51-37-39(38-52-54(48,49)50)53-43(47)36-32-34-41(45)40(44)33-30-28-26-24-22-16-14-12-10-8-6-4-2/h6,8,11-14,17-18,22,24,28,30,39-41,44-45H,3-5,7,9-10,15-16,19-21,23,25-27,29,31-38H2,1-2H3,(H2,48,49,50)/b8-6-,13-11-,14-12-,18-17-,24-22-,30-28-/t39-,40-,41-/m1/s1. The molecule has 0 amide bonds. The van der Waals surface area contributed by atoms with Gasteiger partial charge in [-0.15, -0.1) is 0 Å². The molecule has 11 heteroatoms. The number of allylic oxidation sites excluding steroid dienone is 11. The second-order valence-electron chi connectivity index (χ2n) is 13.5. The molecule has 0 aromatic carbocycles. The highest BCUT2D eigenvalue weighted by molar-refractivity contribution is 7.46. The van der Waals surface area contributed by atoms with Crippen molar-refractivity contribution >= 4 is 19.8 Å². The number of phosphoric ester groups is 1. The Morgan fingerprint density at radius 2 is 1.07 bits per heavy atom. The Morgan fingerprint density at radius 1 is 0.574 bits per heavy atom. The van der Waals surface area contributed by atoms with Gasteiger partial charge in [0, 0.05) is 12.8 Å². The number of carbonyl (C=O) groups is 2. The van der Waals surface area contributed by atoms with Crippen LogP contribution in [-0.2, 0) is 28.2 Å². The first-order chi connectivity index (χ1) is 26.1. The third kappa shape index (κ3) is 37.7. The second kappa shape index (κ2) is 37.3. The van der Waals surface area contributed by atoms with Crippen molar-refractivity contribution in [1.29, 1.82) is 0 Å². The number of aliphatic hydroxyl groups is 2. The lowest BCUT2D eigenvalue weighted by Gasteiger charge is -2.19. The Hall–Kier alpha value is -2.59. The molecule has 0 aliphatic heterocycles. The summed E-state index contributed by atoms with van der Waals surface area (Å²) in [6, 6.07) is 0. The van der Waals surface area contributed by atoms with Gasteiger partial charge in [0.25, 0.3) is 0 Å². The van der Waals surface area contributed by atoms with Crippen molar-refractivity contribution < 1.29 is 48.2 Å². The molecule has 0 radical (unpaired) electrons. The number of hydrogen-bond donors (Lipinski definition) is 4. The van der Waals surface area contributed by atoms with E-state index in [1.807, 2.05) is 18.2 Å². The number of hydrogen-bond acceptors (Lipinski definition) is 8. The molecule has 0 aliphatic rings. The summed E-state index contributed by atoms with van der Waals surface area (Å²) in [6.45, 7) is 3.28. The molecule has 0 heterocycles. The highest BCUT2D eigenvalue weighted by Gasteiger charge is 2.23. The SMILES string of the molecule is CC/C=C\C/C=C\C/C=C\C/C=C\C[C@@H](O)[C@H](O)CCCC(=O)O[C@H](COC(=O)CCCCCCCCC/C=C\C/C=C\CCCCC)COP(=O)(O)O. The van der Waals surface area contributed by atoms with Crippen LogP contribution in [0.5, 0.6) is 0 Å². The summed E-state index contributed by atoms with van der Waals surface area (Å²) < 4.78 is 26.2. The Kier molecular flexibility index (Phi) is 35.5. The van der Waals surface area contributed by atoms with Crippen molar-refractivity contribution in [3.05, 3.63) is 72.9 Å². The van der Waals surface area contributed by atoms with E-state index in [1.165, 1.54) is 38.5 Å². The molecule has 4 N–H and O–H groups in total. The topological polar surface area (TPSA) is 160 Å². The molecule has 0 fully saturated rings. The van der Waals surface area contributed by atoms with Crippen LogP contribution in [0.25, 0.3) is 0 Å². The zero-order chi connectivity index (χ0) is 40.0. The third-order valence-corrected chi connectivity index (χ3v) is 8.90. The van der Waals surface area contributed by atoms with Crippen molar-refractivity contribution in [2.75, 3.05) is 13.2 Å². The van der Waals surface area contributed by atoms with E-state index in [1.54, 1.807) is 0 Å². The van der Waals surface area contributed by atoms with Crippen LogP contribution in [0.4, 0.5) is 0 Å². The molecule has 0 bridgehead atoms. The molecule has 0 unspecified atom stereocenters. The number of esters is 2. The predicted molar refractivity (Wildman–Crippen MR) is 219 cm³/mol. The Balaban J connectivity index is 4.21. The zero-order valence-electron chi connectivity index (χ0n) is 33.3. The van der Waals surface area contributed by atoms with E-state index in [-0.39, 0.29) is 32.1 Å². The van der Waals surface area contributed by atoms with Gasteiger partial charge in [-0.3, -0.25) is 14.1 Å². The average Bonchev–Trinajstić information content (AvgIpc) is 3.13. The van der Waals surface area contributed by atoms with Gasteiger partial charge in [0.15, 0.2) is 6.10 Å². The van der Waals surface area contributed by atoms with Crippen molar-refractivity contribution in [3.63, 3.8) is 0 Å². The lowest BCUT2D eigenvalue weighted by atomic mass is 10.0. The van der Waals surface area contributed by atoms with Crippen LogP contribution < -0.4 is 0 Å². The molecule has 0 saturated heterocycles. The predicted octanol–water partition coefficient (Wildman–Crippen LogP) is 10.2. The van der Waals surface area contributed by atoms with Gasteiger partial charge >= 0.3 is 19.8 Å². The number of unbranched alkanes of at least 4 members (excludes halogenated alkanes) is 10. The smallest absolute Gasteiger partial charge is 0.462 e. The van der Waals surface area contributed by atoms with E-state index >= 15 is 0 Å². The van der Waals surface area contributed by atoms with Gasteiger partial charge in [0.1, 0.15) is 6.61 Å². The lowest BCUT2D eigenvalue weighted by molar-refractivity contribution is -0.161. The van der Waals surface area contributed by atoms with Crippen LogP contribution in [0.1, 0.15) is 155 Å². The molecule has 0 aromatic rings. The highest BCUT2D eigenvalue weighted by atomic mass is 31.2. The molecule has 0 rings (SSSR count). The minimum atomic E-state index is -4.84. The molecule has 0 spiro atoms. The largest absolute Gasteiger partial charge is 0.469 e. The van der Waals surface area contributed by atoms with Gasteiger partial charge in [-0.2, -0.15) is 0 Å². The fourth-order valence-corrected chi connectivity index (χ4v) is 5.61. The van der Waals surface area contributed by atoms with Gasteiger partial charge in [-0.25, -0.2) is 4.57 Å². The van der Waals surface area contributed by atoms with Crippen molar-refractivity contribution in [2.45, 2.75) is 173 Å². The van der Waals surface area contributed by atoms with E-state index in [9.17, 15) is 24.4 Å². The quantitative estimate of drug-likeness (QED) is 0.0209. The molecule has 3 atom stereocenters. The molecular formula is C43H73O10P. The Morgan fingerprint density at radius 3 is 1.65 bits per heavy atom. The zero-order valence-corrected chi connectivity index (χ0v) is 34.2. The van der Waals surface area contributed by atoms with Crippen LogP contribution in [0.2, 0.25) is 0 Å². The van der Waals surface area contributed by atoms with E-state index in [0.29, 0.717) is 6.42 Å². The van der Waals surface area contributed by atoms with E-state index < -0.39 is 51.3 Å². The summed E-state index contributed by atoms with van der Waals surface area (Å²) in [6.07, 6.45) is 40.8. The Labute approximate surface area is 326 Å². The number of ether oxygens (including phenoxy) is 2. The summed E-state index contributed by atoms with van der Waals surface area (Å²) in [4.78, 5) is 42.9. The van der Waals surface area contributed by atoms with Crippen LogP contribution in [0, 0.1) is 0 Å². The summed E-state index contributed by atoms with van der Waals surface area (Å²) in [5.74, 6) is -1.19. The number of rotatable bonds is 36. The lowest BCUT2D eigenvalue weighted by Crippen LogP contribution is -2.30. The summed E-state index contributed by atoms with van der Waals surface area (Å²) in [5, 5.41) is 20.6. The first-order valence-corrected chi connectivity index (χ1v) is 21.9. The first-order valence-electron chi connectivity index (χ1n) is 20.4. The monoisotopic (exact) mass is 780 g/mol. The molecule has 0 saturated carbocycles. The third-order valence-electron chi connectivity index (χ3n) is 8.41. The first kappa shape index (κ1) is 51.4. The van der Waals surface area contributed by atoms with Crippen molar-refractivity contribution in [2.24, 2.45) is 0 Å². The number of phosphoric acid groups is 1. The molecule has 0 aliphatic carbocycles. The van der Waals surface area contributed by atoms with Gasteiger partial charge in [0.05, 0.1) is 18.8 Å². The number of carbonyl (C=O) groups excluding carboxylic acids is 2. The molecule has 310 valence electrons. The number of aliphatic hydroxyl groups excluding tert-OH is 2. The fraction of sp³-hybridized carbons (Fsp3) is 0.674. The summed E-state index contributed by atoms with van der Waals surface area (Å²) >= 11 is 0. The maximum atomic E-state index is 12.4. The van der Waals surface area contributed by atoms with Gasteiger partial charge < -0.3 is 29.5 Å². The van der Waals surface area contributed by atoms with Crippen LogP contribution >= 0.6 is 7.82 Å². The summed E-state index contributed by atoms with van der Waals surface area (Å²) in [7, 11) is -4.84. The molecule has 0 aromatic heterocycles. The fourth-order valence-electron chi connectivity index (χ4n) is 5.25. The van der Waals surface area contributed by atoms with E-state index in [0.717, 1.165) is 64.2 Å². The van der Waals surface area contributed by atoms with Crippen LogP contribution in [-0.4, -0.2) is 63.5 Å². The average molecular weight is 781 g/mol. The molecule has 54 heavy (non-hydrogen) atoms. The Bertz CT molecular complexity index is 1140. The maximum absolute atomic E-state index is 12.4.